The van der Waals surface area contributed by atoms with Crippen molar-refractivity contribution in [2.24, 2.45) is 0 Å². The van der Waals surface area contributed by atoms with Crippen LogP contribution in [0, 0.1) is 11.6 Å². The second kappa shape index (κ2) is 3.69. The highest BCUT2D eigenvalue weighted by atomic mass is 19.4. The number of hydrogen-bond donors (Lipinski definition) is 1. The van der Waals surface area contributed by atoms with Crippen molar-refractivity contribution in [3.63, 3.8) is 0 Å². The molecule has 0 radical (unpaired) electrons. The summed E-state index contributed by atoms with van der Waals surface area (Å²) in [5.41, 5.74) is -0.792. The molecule has 1 aliphatic rings. The summed E-state index contributed by atoms with van der Waals surface area (Å²) in [4.78, 5) is 0. The second-order valence-electron chi connectivity index (χ2n) is 3.60. The summed E-state index contributed by atoms with van der Waals surface area (Å²) >= 11 is 0. The lowest BCUT2D eigenvalue weighted by atomic mass is 9.93. The highest BCUT2D eigenvalue weighted by Gasteiger charge is 2.44. The SMILES string of the molecule is Fc1ccc(F)c2c1CCNC2C(F)(F)F. The quantitative estimate of drug-likeness (QED) is 0.684. The summed E-state index contributed by atoms with van der Waals surface area (Å²) in [6.07, 6.45) is -4.56. The molecule has 1 N–H and O–H groups in total. The number of rotatable bonds is 0. The molecule has 1 heterocycles. The van der Waals surface area contributed by atoms with Crippen LogP contribution in [0.3, 0.4) is 0 Å². The monoisotopic (exact) mass is 237 g/mol. The minimum Gasteiger partial charge on any atom is -0.302 e. The average molecular weight is 237 g/mol. The van der Waals surface area contributed by atoms with Gasteiger partial charge in [0, 0.05) is 12.1 Å². The van der Waals surface area contributed by atoms with E-state index in [2.05, 4.69) is 5.32 Å². The molecule has 0 aromatic heterocycles. The molecular formula is C10H8F5N. The van der Waals surface area contributed by atoms with E-state index in [1.807, 2.05) is 0 Å². The number of benzene rings is 1. The van der Waals surface area contributed by atoms with E-state index in [1.165, 1.54) is 0 Å². The van der Waals surface area contributed by atoms with Gasteiger partial charge in [0.25, 0.3) is 0 Å². The van der Waals surface area contributed by atoms with E-state index >= 15 is 0 Å². The fraction of sp³-hybridized carbons (Fsp3) is 0.400. The zero-order valence-electron chi connectivity index (χ0n) is 8.04. The molecule has 1 aromatic carbocycles. The summed E-state index contributed by atoms with van der Waals surface area (Å²) in [6, 6.07) is -0.542. The van der Waals surface area contributed by atoms with E-state index in [9.17, 15) is 22.0 Å². The normalized spacial score (nSPS) is 20.7. The van der Waals surface area contributed by atoms with Crippen LogP contribution in [0.15, 0.2) is 12.1 Å². The number of fused-ring (bicyclic) bond motifs is 1. The fourth-order valence-electron chi connectivity index (χ4n) is 1.90. The number of nitrogens with one attached hydrogen (secondary N) is 1. The maximum atomic E-state index is 13.3. The molecule has 0 bridgehead atoms. The van der Waals surface area contributed by atoms with Gasteiger partial charge >= 0.3 is 6.18 Å². The Morgan fingerprint density at radius 2 is 1.75 bits per heavy atom. The van der Waals surface area contributed by atoms with E-state index in [0.29, 0.717) is 0 Å². The van der Waals surface area contributed by atoms with E-state index in [4.69, 9.17) is 0 Å². The number of hydrogen-bond acceptors (Lipinski definition) is 1. The molecule has 1 aromatic rings. The third kappa shape index (κ3) is 1.77. The smallest absolute Gasteiger partial charge is 0.302 e. The van der Waals surface area contributed by atoms with Crippen molar-refractivity contribution < 1.29 is 22.0 Å². The Morgan fingerprint density at radius 1 is 1.12 bits per heavy atom. The Morgan fingerprint density at radius 3 is 2.38 bits per heavy atom. The van der Waals surface area contributed by atoms with Gasteiger partial charge < -0.3 is 5.32 Å². The Kier molecular flexibility index (Phi) is 2.61. The van der Waals surface area contributed by atoms with Crippen molar-refractivity contribution >= 4 is 0 Å². The minimum atomic E-state index is -4.62. The van der Waals surface area contributed by atoms with Crippen LogP contribution in [0.5, 0.6) is 0 Å². The summed E-state index contributed by atoms with van der Waals surface area (Å²) in [5, 5.41) is 2.15. The zero-order chi connectivity index (χ0) is 11.9. The Balaban J connectivity index is 2.58. The van der Waals surface area contributed by atoms with Gasteiger partial charge in [0.1, 0.15) is 17.7 Å². The van der Waals surface area contributed by atoms with E-state index < -0.39 is 29.4 Å². The molecule has 0 saturated heterocycles. The maximum absolute atomic E-state index is 13.3. The molecule has 0 saturated carbocycles. The number of halogens is 5. The lowest BCUT2D eigenvalue weighted by Gasteiger charge is -2.29. The standard InChI is InChI=1S/C10H8F5N/c11-6-1-2-7(12)8-5(6)3-4-16-9(8)10(13,14)15/h1-2,9,16H,3-4H2. The molecule has 0 fully saturated rings. The molecule has 1 aliphatic heterocycles. The van der Waals surface area contributed by atoms with Crippen LogP contribution < -0.4 is 5.32 Å². The topological polar surface area (TPSA) is 12.0 Å². The Hall–Kier alpha value is -1.17. The second-order valence-corrected chi connectivity index (χ2v) is 3.60. The molecule has 16 heavy (non-hydrogen) atoms. The molecule has 0 amide bonds. The van der Waals surface area contributed by atoms with E-state index in [0.717, 1.165) is 12.1 Å². The van der Waals surface area contributed by atoms with Crippen molar-refractivity contribution in [1.29, 1.82) is 0 Å². The predicted molar refractivity (Wildman–Crippen MR) is 46.9 cm³/mol. The molecule has 1 atom stereocenters. The third-order valence-electron chi connectivity index (χ3n) is 2.59. The first-order chi connectivity index (χ1) is 7.41. The molecule has 0 aliphatic carbocycles. The van der Waals surface area contributed by atoms with Crippen LogP contribution in [0.1, 0.15) is 17.2 Å². The lowest BCUT2D eigenvalue weighted by Crippen LogP contribution is -2.40. The van der Waals surface area contributed by atoms with Crippen LogP contribution in [0.25, 0.3) is 0 Å². The summed E-state index contributed by atoms with van der Waals surface area (Å²) in [6.45, 7) is -0.0163. The van der Waals surface area contributed by atoms with Crippen LogP contribution in [0.4, 0.5) is 22.0 Å². The van der Waals surface area contributed by atoms with Crippen molar-refractivity contribution in [3.8, 4) is 0 Å². The van der Waals surface area contributed by atoms with Crippen LogP contribution in [0.2, 0.25) is 0 Å². The van der Waals surface area contributed by atoms with Crippen molar-refractivity contribution in [2.75, 3.05) is 6.54 Å². The Bertz CT molecular complexity index is 412. The van der Waals surface area contributed by atoms with Gasteiger partial charge in [0.05, 0.1) is 0 Å². The minimum absolute atomic E-state index is 0.0163. The van der Waals surface area contributed by atoms with E-state index in [1.54, 1.807) is 0 Å². The van der Waals surface area contributed by atoms with Gasteiger partial charge in [-0.1, -0.05) is 0 Å². The highest BCUT2D eigenvalue weighted by molar-refractivity contribution is 5.36. The first-order valence-corrected chi connectivity index (χ1v) is 4.68. The van der Waals surface area contributed by atoms with Crippen LogP contribution in [-0.2, 0) is 6.42 Å². The predicted octanol–water partition coefficient (Wildman–Crippen LogP) is 2.71. The molecule has 0 spiro atoms. The molecular weight excluding hydrogens is 229 g/mol. The van der Waals surface area contributed by atoms with Crippen molar-refractivity contribution in [3.05, 3.63) is 34.9 Å². The highest BCUT2D eigenvalue weighted by Crippen LogP contribution is 2.38. The maximum Gasteiger partial charge on any atom is 0.408 e. The summed E-state index contributed by atoms with van der Waals surface area (Å²) in [7, 11) is 0. The van der Waals surface area contributed by atoms with Gasteiger partial charge in [-0.05, 0) is 24.1 Å². The van der Waals surface area contributed by atoms with Crippen LogP contribution >= 0.6 is 0 Å². The zero-order valence-corrected chi connectivity index (χ0v) is 8.04. The van der Waals surface area contributed by atoms with Gasteiger partial charge in [-0.3, -0.25) is 0 Å². The van der Waals surface area contributed by atoms with Gasteiger partial charge in [-0.2, -0.15) is 13.2 Å². The van der Waals surface area contributed by atoms with Gasteiger partial charge in [-0.25, -0.2) is 8.78 Å². The first-order valence-electron chi connectivity index (χ1n) is 4.68. The third-order valence-corrected chi connectivity index (χ3v) is 2.59. The fourth-order valence-corrected chi connectivity index (χ4v) is 1.90. The van der Waals surface area contributed by atoms with Gasteiger partial charge in [-0.15, -0.1) is 0 Å². The van der Waals surface area contributed by atoms with Gasteiger partial charge in [0.15, 0.2) is 0 Å². The molecule has 6 heteroatoms. The largest absolute Gasteiger partial charge is 0.408 e. The first kappa shape index (κ1) is 11.3. The van der Waals surface area contributed by atoms with Crippen molar-refractivity contribution in [1.82, 2.24) is 5.32 Å². The molecule has 1 unspecified atom stereocenters. The lowest BCUT2D eigenvalue weighted by molar-refractivity contribution is -0.159. The molecule has 1 nitrogen and oxygen atoms in total. The van der Waals surface area contributed by atoms with Crippen LogP contribution in [-0.4, -0.2) is 12.7 Å². The summed E-state index contributed by atoms with van der Waals surface area (Å²) < 4.78 is 64.3. The molecule has 88 valence electrons. The number of alkyl halides is 3. The average Bonchev–Trinajstić information content (AvgIpc) is 2.22. The van der Waals surface area contributed by atoms with E-state index in [-0.39, 0.29) is 18.5 Å². The van der Waals surface area contributed by atoms with Crippen molar-refractivity contribution in [2.45, 2.75) is 18.6 Å². The Labute approximate surface area is 88.3 Å². The summed E-state index contributed by atoms with van der Waals surface area (Å²) in [5.74, 6) is -1.81. The molecule has 2 rings (SSSR count). The van der Waals surface area contributed by atoms with Gasteiger partial charge in [0.2, 0.25) is 0 Å².